The number of hydrogen-bond donors (Lipinski definition) is 1. The summed E-state index contributed by atoms with van der Waals surface area (Å²) in [6.07, 6.45) is 10.7. The van der Waals surface area contributed by atoms with Crippen LogP contribution in [0.3, 0.4) is 0 Å². The molecule has 1 aliphatic rings. The first kappa shape index (κ1) is 18.4. The lowest BCUT2D eigenvalue weighted by Gasteiger charge is -2.39. The molecule has 1 aliphatic carbocycles. The van der Waals surface area contributed by atoms with E-state index < -0.39 is 6.10 Å². The molecule has 0 bridgehead atoms. The molecule has 3 atom stereocenters. The summed E-state index contributed by atoms with van der Waals surface area (Å²) in [4.78, 5) is 18.4. The van der Waals surface area contributed by atoms with Gasteiger partial charge in [0.15, 0.2) is 0 Å². The van der Waals surface area contributed by atoms with Gasteiger partial charge in [-0.2, -0.15) is 5.10 Å². The number of aromatic nitrogens is 4. The van der Waals surface area contributed by atoms with Crippen LogP contribution in [0.2, 0.25) is 0 Å². The van der Waals surface area contributed by atoms with Crippen molar-refractivity contribution in [3.8, 4) is 0 Å². The van der Waals surface area contributed by atoms with E-state index in [4.69, 9.17) is 0 Å². The highest BCUT2D eigenvalue weighted by Crippen LogP contribution is 2.31. The Morgan fingerprint density at radius 3 is 2.77 bits per heavy atom. The van der Waals surface area contributed by atoms with Crippen LogP contribution in [-0.4, -0.2) is 54.4 Å². The van der Waals surface area contributed by atoms with Crippen molar-refractivity contribution in [2.45, 2.75) is 51.3 Å². The zero-order valence-corrected chi connectivity index (χ0v) is 15.8. The van der Waals surface area contributed by atoms with Gasteiger partial charge in [0.1, 0.15) is 0 Å². The van der Waals surface area contributed by atoms with Crippen LogP contribution in [0, 0.1) is 13.8 Å². The molecule has 1 saturated carbocycles. The van der Waals surface area contributed by atoms with E-state index in [0.717, 1.165) is 36.2 Å². The molecule has 7 heteroatoms. The number of rotatable bonds is 4. The topological polar surface area (TPSA) is 76.2 Å². The van der Waals surface area contributed by atoms with Gasteiger partial charge in [-0.05, 0) is 39.2 Å². The van der Waals surface area contributed by atoms with E-state index in [0.29, 0.717) is 0 Å². The molecule has 0 spiro atoms. The third kappa shape index (κ3) is 3.44. The molecule has 0 unspecified atom stereocenters. The van der Waals surface area contributed by atoms with E-state index in [-0.39, 0.29) is 18.0 Å². The highest BCUT2D eigenvalue weighted by molar-refractivity contribution is 5.92. The summed E-state index contributed by atoms with van der Waals surface area (Å²) in [6.45, 7) is 3.91. The maximum absolute atomic E-state index is 12.7. The van der Waals surface area contributed by atoms with Gasteiger partial charge in [-0.15, -0.1) is 0 Å². The summed E-state index contributed by atoms with van der Waals surface area (Å²) in [6, 6.07) is -0.248. The van der Waals surface area contributed by atoms with E-state index in [9.17, 15) is 9.90 Å². The number of carbonyl (C=O) groups is 1. The number of carbonyl (C=O) groups excluding carboxylic acids is 1. The summed E-state index contributed by atoms with van der Waals surface area (Å²) in [5.74, 6) is -0.108. The molecule has 2 aromatic rings. The Labute approximate surface area is 153 Å². The average molecular weight is 357 g/mol. The third-order valence-corrected chi connectivity index (χ3v) is 5.50. The van der Waals surface area contributed by atoms with Crippen molar-refractivity contribution in [3.63, 3.8) is 0 Å². The fraction of sp³-hybridized carbons (Fsp3) is 0.526. The second kappa shape index (κ2) is 7.45. The monoisotopic (exact) mass is 357 g/mol. The van der Waals surface area contributed by atoms with Gasteiger partial charge in [-0.1, -0.05) is 0 Å². The van der Waals surface area contributed by atoms with Crippen molar-refractivity contribution in [2.24, 2.45) is 7.05 Å². The summed E-state index contributed by atoms with van der Waals surface area (Å²) >= 11 is 0. The Hall–Kier alpha value is -2.41. The summed E-state index contributed by atoms with van der Waals surface area (Å²) in [5, 5.41) is 15.2. The quantitative estimate of drug-likeness (QED) is 0.848. The van der Waals surface area contributed by atoms with E-state index in [1.54, 1.807) is 30.5 Å². The Balaban J connectivity index is 1.72. The van der Waals surface area contributed by atoms with Crippen LogP contribution < -0.4 is 0 Å². The molecular weight excluding hydrogens is 330 g/mol. The minimum Gasteiger partial charge on any atom is -0.389 e. The molecule has 2 aromatic heterocycles. The Kier molecular flexibility index (Phi) is 5.27. The molecule has 0 radical (unpaired) electrons. The lowest BCUT2D eigenvalue weighted by molar-refractivity contribution is -0.131. The maximum Gasteiger partial charge on any atom is 0.246 e. The lowest BCUT2D eigenvalue weighted by atomic mass is 9.87. The van der Waals surface area contributed by atoms with Gasteiger partial charge < -0.3 is 14.6 Å². The summed E-state index contributed by atoms with van der Waals surface area (Å²) < 4.78 is 3.75. The standard InChI is InChI=1S/C19H27N5O2/c1-13-15(14(2)23(4)21-13)8-9-18(25)22(3)16-6-5-7-17(19(16)26)24-11-10-20-12-24/h8-12,16-17,19,26H,5-7H2,1-4H3/b9-8+/t16-,17-,19-/m1/s1. The smallest absolute Gasteiger partial charge is 0.246 e. The molecule has 2 heterocycles. The van der Waals surface area contributed by atoms with Crippen LogP contribution in [-0.2, 0) is 11.8 Å². The molecule has 7 nitrogen and oxygen atoms in total. The molecule has 1 N–H and O–H groups in total. The fourth-order valence-corrected chi connectivity index (χ4v) is 3.81. The van der Waals surface area contributed by atoms with E-state index in [1.807, 2.05) is 42.4 Å². The first-order chi connectivity index (χ1) is 12.4. The van der Waals surface area contributed by atoms with Crippen molar-refractivity contribution >= 4 is 12.0 Å². The number of likely N-dealkylation sites (N-methyl/N-ethyl adjacent to an activating group) is 1. The number of nitrogens with zero attached hydrogens (tertiary/aromatic N) is 5. The van der Waals surface area contributed by atoms with Crippen LogP contribution in [0.4, 0.5) is 0 Å². The lowest BCUT2D eigenvalue weighted by Crippen LogP contribution is -2.49. The van der Waals surface area contributed by atoms with Crippen molar-refractivity contribution < 1.29 is 9.90 Å². The molecule has 3 rings (SSSR count). The summed E-state index contributed by atoms with van der Waals surface area (Å²) in [7, 11) is 3.65. The van der Waals surface area contributed by atoms with Crippen molar-refractivity contribution in [1.29, 1.82) is 0 Å². The van der Waals surface area contributed by atoms with E-state index >= 15 is 0 Å². The SMILES string of the molecule is Cc1nn(C)c(C)c1/C=C/C(=O)N(C)[C@@H]1CCC[C@@H](n2ccnc2)[C@@H]1O. The molecule has 1 amide bonds. The van der Waals surface area contributed by atoms with Crippen molar-refractivity contribution in [1.82, 2.24) is 24.2 Å². The molecular formula is C19H27N5O2. The van der Waals surface area contributed by atoms with Gasteiger partial charge >= 0.3 is 0 Å². The van der Waals surface area contributed by atoms with Gasteiger partial charge in [0, 0.05) is 43.8 Å². The van der Waals surface area contributed by atoms with E-state index in [1.165, 1.54) is 0 Å². The number of aliphatic hydroxyl groups excluding tert-OH is 1. The molecule has 0 saturated heterocycles. The van der Waals surface area contributed by atoms with Crippen molar-refractivity contribution in [3.05, 3.63) is 41.7 Å². The Morgan fingerprint density at radius 2 is 2.15 bits per heavy atom. The van der Waals surface area contributed by atoms with Crippen molar-refractivity contribution in [2.75, 3.05) is 7.05 Å². The molecule has 0 aromatic carbocycles. The Bertz CT molecular complexity index is 793. The first-order valence-electron chi connectivity index (χ1n) is 9.00. The van der Waals surface area contributed by atoms with Gasteiger partial charge in [-0.3, -0.25) is 9.48 Å². The minimum absolute atomic E-state index is 0.0432. The normalized spacial score (nSPS) is 23.5. The first-order valence-corrected chi connectivity index (χ1v) is 9.00. The summed E-state index contributed by atoms with van der Waals surface area (Å²) in [5.41, 5.74) is 2.89. The maximum atomic E-state index is 12.7. The highest BCUT2D eigenvalue weighted by atomic mass is 16.3. The second-order valence-corrected chi connectivity index (χ2v) is 7.06. The van der Waals surface area contributed by atoms with Gasteiger partial charge in [0.2, 0.25) is 5.91 Å². The number of amides is 1. The van der Waals surface area contributed by atoms with Crippen LogP contribution in [0.15, 0.2) is 24.8 Å². The molecule has 1 fully saturated rings. The number of aliphatic hydroxyl groups is 1. The highest BCUT2D eigenvalue weighted by Gasteiger charge is 2.36. The molecule has 0 aliphatic heterocycles. The van der Waals surface area contributed by atoms with Crippen LogP contribution >= 0.6 is 0 Å². The fourth-order valence-electron chi connectivity index (χ4n) is 3.81. The number of aryl methyl sites for hydroxylation is 2. The van der Waals surface area contributed by atoms with Gasteiger partial charge in [-0.25, -0.2) is 4.98 Å². The van der Waals surface area contributed by atoms with Crippen LogP contribution in [0.5, 0.6) is 0 Å². The molecule has 26 heavy (non-hydrogen) atoms. The zero-order chi connectivity index (χ0) is 18.8. The predicted octanol–water partition coefficient (Wildman–Crippen LogP) is 1.86. The minimum atomic E-state index is -0.609. The number of imidazole rings is 1. The largest absolute Gasteiger partial charge is 0.389 e. The number of hydrogen-bond acceptors (Lipinski definition) is 4. The van der Waals surface area contributed by atoms with Gasteiger partial charge in [0.25, 0.3) is 0 Å². The Morgan fingerprint density at radius 1 is 1.38 bits per heavy atom. The second-order valence-electron chi connectivity index (χ2n) is 7.06. The average Bonchev–Trinajstić information content (AvgIpc) is 3.22. The predicted molar refractivity (Wildman–Crippen MR) is 99.4 cm³/mol. The molecule has 140 valence electrons. The zero-order valence-electron chi connectivity index (χ0n) is 15.8. The van der Waals surface area contributed by atoms with Crippen LogP contribution in [0.25, 0.3) is 6.08 Å². The third-order valence-electron chi connectivity index (χ3n) is 5.50. The van der Waals surface area contributed by atoms with E-state index in [2.05, 4.69) is 10.1 Å². The van der Waals surface area contributed by atoms with Gasteiger partial charge in [0.05, 0.1) is 30.2 Å². The van der Waals surface area contributed by atoms with Crippen LogP contribution in [0.1, 0.15) is 42.3 Å².